The Hall–Kier alpha value is -3.82. The molecule has 0 bridgehead atoms. The average Bonchev–Trinajstić information content (AvgIpc) is 3.18. The van der Waals surface area contributed by atoms with E-state index in [0.717, 1.165) is 0 Å². The molecule has 1 amide bonds. The van der Waals surface area contributed by atoms with Gasteiger partial charge in [0.1, 0.15) is 12.4 Å². The van der Waals surface area contributed by atoms with Crippen molar-refractivity contribution in [2.24, 2.45) is 4.99 Å². The standard InChI is InChI=1S/C28H24ClFN2O5S/c1-3-32-26(33)24(38-28(32)31-20-11-9-18(10-12-20)27(34)35)15-17-13-21(29)25(23(14-17)36-4-2)37-16-19-7-5-6-8-22(19)30/h5-15H,3-4,16H2,1-2H3,(H,34,35)/b24-15-,31-28?. The number of aromatic carboxylic acids is 1. The number of ether oxygens (including phenoxy) is 2. The Morgan fingerprint density at radius 2 is 1.87 bits per heavy atom. The van der Waals surface area contributed by atoms with Crippen molar-refractivity contribution >= 4 is 52.2 Å². The van der Waals surface area contributed by atoms with Crippen LogP contribution in [0.1, 0.15) is 35.3 Å². The van der Waals surface area contributed by atoms with Crippen LogP contribution in [0.15, 0.2) is 70.6 Å². The van der Waals surface area contributed by atoms with Crippen molar-refractivity contribution in [3.8, 4) is 11.5 Å². The summed E-state index contributed by atoms with van der Waals surface area (Å²) in [6.45, 7) is 4.39. The van der Waals surface area contributed by atoms with Gasteiger partial charge >= 0.3 is 5.97 Å². The first-order valence-electron chi connectivity index (χ1n) is 11.8. The van der Waals surface area contributed by atoms with E-state index in [1.807, 2.05) is 13.8 Å². The van der Waals surface area contributed by atoms with Crippen LogP contribution >= 0.6 is 23.4 Å². The molecule has 4 rings (SSSR count). The summed E-state index contributed by atoms with van der Waals surface area (Å²) in [5, 5.41) is 9.83. The predicted molar refractivity (Wildman–Crippen MR) is 147 cm³/mol. The molecule has 1 fully saturated rings. The Morgan fingerprint density at radius 1 is 1.13 bits per heavy atom. The van der Waals surface area contributed by atoms with Gasteiger partial charge in [-0.25, -0.2) is 14.2 Å². The first-order chi connectivity index (χ1) is 18.3. The van der Waals surface area contributed by atoms with Gasteiger partial charge in [-0.15, -0.1) is 0 Å². The Labute approximate surface area is 228 Å². The molecule has 1 N–H and O–H groups in total. The van der Waals surface area contributed by atoms with Gasteiger partial charge in [-0.1, -0.05) is 29.8 Å². The molecular weight excluding hydrogens is 531 g/mol. The molecule has 0 atom stereocenters. The van der Waals surface area contributed by atoms with Crippen LogP contribution in [0.5, 0.6) is 11.5 Å². The van der Waals surface area contributed by atoms with Crippen molar-refractivity contribution in [1.29, 1.82) is 0 Å². The molecule has 3 aromatic carbocycles. The third kappa shape index (κ3) is 6.17. The van der Waals surface area contributed by atoms with Crippen molar-refractivity contribution in [2.75, 3.05) is 13.2 Å². The third-order valence-corrected chi connectivity index (χ3v) is 6.79. The normalized spacial score (nSPS) is 15.4. The van der Waals surface area contributed by atoms with Crippen molar-refractivity contribution in [1.82, 2.24) is 4.90 Å². The Balaban J connectivity index is 1.60. The van der Waals surface area contributed by atoms with Crippen LogP contribution in [-0.2, 0) is 11.4 Å². The van der Waals surface area contributed by atoms with Crippen LogP contribution in [0.3, 0.4) is 0 Å². The van der Waals surface area contributed by atoms with E-state index >= 15 is 0 Å². The molecule has 196 valence electrons. The highest BCUT2D eigenvalue weighted by Gasteiger charge is 2.32. The number of rotatable bonds is 9. The molecule has 0 saturated carbocycles. The molecule has 0 aliphatic carbocycles. The predicted octanol–water partition coefficient (Wildman–Crippen LogP) is 6.78. The molecule has 1 saturated heterocycles. The minimum absolute atomic E-state index is 0.0278. The molecule has 0 aromatic heterocycles. The van der Waals surface area contributed by atoms with Crippen molar-refractivity contribution in [3.05, 3.63) is 93.1 Å². The fraction of sp³-hybridized carbons (Fsp3) is 0.179. The lowest BCUT2D eigenvalue weighted by molar-refractivity contribution is -0.122. The van der Waals surface area contributed by atoms with Crippen LogP contribution in [-0.4, -0.2) is 40.2 Å². The highest BCUT2D eigenvalue weighted by atomic mass is 35.5. The highest BCUT2D eigenvalue weighted by Crippen LogP contribution is 2.40. The van der Waals surface area contributed by atoms with Gasteiger partial charge in [-0.3, -0.25) is 9.69 Å². The lowest BCUT2D eigenvalue weighted by Gasteiger charge is -2.15. The minimum Gasteiger partial charge on any atom is -0.490 e. The second-order valence-electron chi connectivity index (χ2n) is 8.05. The molecule has 1 aliphatic rings. The van der Waals surface area contributed by atoms with E-state index in [1.165, 1.54) is 30.0 Å². The number of amidine groups is 1. The molecule has 0 spiro atoms. The van der Waals surface area contributed by atoms with Crippen molar-refractivity contribution in [3.63, 3.8) is 0 Å². The summed E-state index contributed by atoms with van der Waals surface area (Å²) in [6, 6.07) is 15.8. The number of benzene rings is 3. The summed E-state index contributed by atoms with van der Waals surface area (Å²) in [5.41, 5.74) is 1.69. The maximum Gasteiger partial charge on any atom is 0.335 e. The molecule has 3 aromatic rings. The number of likely N-dealkylation sites (N-methyl/N-ethyl adjacent to an activating group) is 1. The van der Waals surface area contributed by atoms with Gasteiger partial charge in [-0.2, -0.15) is 0 Å². The van der Waals surface area contributed by atoms with E-state index in [0.29, 0.717) is 45.8 Å². The molecule has 38 heavy (non-hydrogen) atoms. The zero-order chi connectivity index (χ0) is 27.2. The second kappa shape index (κ2) is 12.1. The molecule has 0 radical (unpaired) electrons. The Morgan fingerprint density at radius 3 is 2.53 bits per heavy atom. The number of amides is 1. The van der Waals surface area contributed by atoms with E-state index < -0.39 is 5.97 Å². The number of hydrogen-bond donors (Lipinski definition) is 1. The van der Waals surface area contributed by atoms with E-state index in [1.54, 1.807) is 53.4 Å². The monoisotopic (exact) mass is 554 g/mol. The third-order valence-electron chi connectivity index (χ3n) is 5.50. The fourth-order valence-electron chi connectivity index (χ4n) is 3.65. The van der Waals surface area contributed by atoms with Crippen LogP contribution in [0, 0.1) is 5.82 Å². The van der Waals surface area contributed by atoms with Crippen molar-refractivity contribution < 1.29 is 28.6 Å². The summed E-state index contributed by atoms with van der Waals surface area (Å²) >= 11 is 7.73. The van der Waals surface area contributed by atoms with Gasteiger partial charge in [0.25, 0.3) is 5.91 Å². The average molecular weight is 555 g/mol. The largest absolute Gasteiger partial charge is 0.490 e. The smallest absolute Gasteiger partial charge is 0.335 e. The van der Waals surface area contributed by atoms with Crippen molar-refractivity contribution in [2.45, 2.75) is 20.5 Å². The molecule has 1 heterocycles. The number of carbonyl (C=O) groups is 2. The number of hydrogen-bond acceptors (Lipinski definition) is 6. The van der Waals surface area contributed by atoms with Gasteiger partial charge in [0.15, 0.2) is 16.7 Å². The lowest BCUT2D eigenvalue weighted by atomic mass is 10.1. The second-order valence-corrected chi connectivity index (χ2v) is 9.47. The summed E-state index contributed by atoms with van der Waals surface area (Å²) < 4.78 is 25.6. The molecule has 1 aliphatic heterocycles. The van der Waals surface area contributed by atoms with Crippen LogP contribution in [0.25, 0.3) is 6.08 Å². The number of aliphatic imine (C=N–C) groups is 1. The first-order valence-corrected chi connectivity index (χ1v) is 13.0. The molecule has 0 unspecified atom stereocenters. The maximum absolute atomic E-state index is 14.0. The van der Waals surface area contributed by atoms with Gasteiger partial charge < -0.3 is 14.6 Å². The Kier molecular flexibility index (Phi) is 8.70. The van der Waals surface area contributed by atoms with Gasteiger partial charge in [-0.05, 0) is 79.7 Å². The number of halogens is 2. The zero-order valence-electron chi connectivity index (χ0n) is 20.6. The minimum atomic E-state index is -1.02. The number of carboxylic acid groups (broad SMARTS) is 1. The quantitative estimate of drug-likeness (QED) is 0.293. The number of carboxylic acids is 1. The van der Waals surface area contributed by atoms with Gasteiger partial charge in [0, 0.05) is 12.1 Å². The summed E-state index contributed by atoms with van der Waals surface area (Å²) in [7, 11) is 0. The number of carbonyl (C=O) groups excluding carboxylic acids is 1. The van der Waals surface area contributed by atoms with E-state index in [-0.39, 0.29) is 34.7 Å². The van der Waals surface area contributed by atoms with Crippen LogP contribution < -0.4 is 9.47 Å². The highest BCUT2D eigenvalue weighted by molar-refractivity contribution is 8.18. The van der Waals surface area contributed by atoms with E-state index in [4.69, 9.17) is 26.2 Å². The Bertz CT molecular complexity index is 1430. The van der Waals surface area contributed by atoms with E-state index in [9.17, 15) is 14.0 Å². The van der Waals surface area contributed by atoms with Crippen LogP contribution in [0.4, 0.5) is 10.1 Å². The van der Waals surface area contributed by atoms with Gasteiger partial charge in [0.2, 0.25) is 0 Å². The molecular formula is C28H24ClFN2O5S. The topological polar surface area (TPSA) is 88.4 Å². The van der Waals surface area contributed by atoms with Crippen LogP contribution in [0.2, 0.25) is 5.02 Å². The first kappa shape index (κ1) is 27.2. The molecule has 7 nitrogen and oxygen atoms in total. The lowest BCUT2D eigenvalue weighted by Crippen LogP contribution is -2.28. The summed E-state index contributed by atoms with van der Waals surface area (Å²) in [5.74, 6) is -0.962. The van der Waals surface area contributed by atoms with E-state index in [2.05, 4.69) is 4.99 Å². The number of nitrogens with zero attached hydrogens (tertiary/aromatic N) is 2. The zero-order valence-corrected chi connectivity index (χ0v) is 22.2. The SMILES string of the molecule is CCOc1cc(/C=C2\SC(=Nc3ccc(C(=O)O)cc3)N(CC)C2=O)cc(Cl)c1OCc1ccccc1F. The summed E-state index contributed by atoms with van der Waals surface area (Å²) in [4.78, 5) is 30.7. The molecule has 10 heteroatoms. The van der Waals surface area contributed by atoms with Gasteiger partial charge in [0.05, 0.1) is 27.8 Å². The number of thioether (sulfide) groups is 1. The fourth-order valence-corrected chi connectivity index (χ4v) is 4.99. The summed E-state index contributed by atoms with van der Waals surface area (Å²) in [6.07, 6.45) is 1.70. The maximum atomic E-state index is 14.0.